The van der Waals surface area contributed by atoms with Gasteiger partial charge in [0, 0.05) is 14.1 Å². The lowest BCUT2D eigenvalue weighted by Gasteiger charge is -2.33. The van der Waals surface area contributed by atoms with Crippen LogP contribution in [0.1, 0.15) is 37.0 Å². The zero-order valence-electron chi connectivity index (χ0n) is 11.3. The van der Waals surface area contributed by atoms with Crippen LogP contribution in [0.2, 0.25) is 0 Å². The van der Waals surface area contributed by atoms with Gasteiger partial charge in [-0.25, -0.2) is 4.98 Å². The monoisotopic (exact) mass is 251 g/mol. The standard InChI is InChI=1S/C12H21N5O/c1-9-13-12(15-14-9)10-6-4-5-7-17(10)8-11(18)16(2)3/h10H,4-8H2,1-3H3,(H,13,14,15). The molecule has 1 unspecified atom stereocenters. The maximum absolute atomic E-state index is 11.8. The molecule has 2 heterocycles. The number of nitrogens with zero attached hydrogens (tertiary/aromatic N) is 4. The van der Waals surface area contributed by atoms with Crippen LogP contribution in [-0.2, 0) is 4.79 Å². The second kappa shape index (κ2) is 5.48. The molecule has 1 aliphatic rings. The van der Waals surface area contributed by atoms with Crippen molar-refractivity contribution in [2.45, 2.75) is 32.2 Å². The third-order valence-electron chi connectivity index (χ3n) is 3.36. The summed E-state index contributed by atoms with van der Waals surface area (Å²) in [6, 6.07) is 0.174. The first kappa shape index (κ1) is 13.0. The van der Waals surface area contributed by atoms with E-state index in [-0.39, 0.29) is 11.9 Å². The number of aromatic amines is 1. The number of carbonyl (C=O) groups is 1. The van der Waals surface area contributed by atoms with Gasteiger partial charge in [0.05, 0.1) is 12.6 Å². The highest BCUT2D eigenvalue weighted by molar-refractivity contribution is 5.77. The summed E-state index contributed by atoms with van der Waals surface area (Å²) < 4.78 is 0. The molecule has 1 amide bonds. The second-order valence-electron chi connectivity index (χ2n) is 5.05. The molecule has 0 bridgehead atoms. The van der Waals surface area contributed by atoms with Gasteiger partial charge in [0.15, 0.2) is 5.82 Å². The van der Waals surface area contributed by atoms with Crippen LogP contribution in [0.15, 0.2) is 0 Å². The molecular weight excluding hydrogens is 230 g/mol. The van der Waals surface area contributed by atoms with Gasteiger partial charge in [-0.1, -0.05) is 6.42 Å². The number of rotatable bonds is 3. The van der Waals surface area contributed by atoms with E-state index in [1.165, 1.54) is 6.42 Å². The molecule has 0 saturated carbocycles. The zero-order chi connectivity index (χ0) is 13.1. The van der Waals surface area contributed by atoms with E-state index in [1.807, 2.05) is 6.92 Å². The first-order valence-corrected chi connectivity index (χ1v) is 6.41. The van der Waals surface area contributed by atoms with E-state index in [2.05, 4.69) is 20.1 Å². The van der Waals surface area contributed by atoms with Crippen molar-refractivity contribution in [3.63, 3.8) is 0 Å². The van der Waals surface area contributed by atoms with E-state index in [0.717, 1.165) is 31.0 Å². The Hall–Kier alpha value is -1.43. The number of aromatic nitrogens is 3. The summed E-state index contributed by atoms with van der Waals surface area (Å²) in [5.74, 6) is 1.78. The van der Waals surface area contributed by atoms with Gasteiger partial charge >= 0.3 is 0 Å². The molecule has 0 radical (unpaired) electrons. The molecule has 6 heteroatoms. The summed E-state index contributed by atoms with van der Waals surface area (Å²) in [6.45, 7) is 3.29. The Morgan fingerprint density at radius 1 is 1.50 bits per heavy atom. The molecule has 0 aromatic carbocycles. The van der Waals surface area contributed by atoms with Gasteiger partial charge in [0.1, 0.15) is 5.82 Å². The van der Waals surface area contributed by atoms with Crippen molar-refractivity contribution in [3.8, 4) is 0 Å². The van der Waals surface area contributed by atoms with Crippen molar-refractivity contribution >= 4 is 5.91 Å². The Balaban J connectivity index is 2.08. The van der Waals surface area contributed by atoms with E-state index in [9.17, 15) is 4.79 Å². The summed E-state index contributed by atoms with van der Waals surface area (Å²) in [4.78, 5) is 20.1. The lowest BCUT2D eigenvalue weighted by atomic mass is 10.0. The van der Waals surface area contributed by atoms with Crippen LogP contribution in [0.4, 0.5) is 0 Å². The fourth-order valence-corrected chi connectivity index (χ4v) is 2.30. The molecule has 1 N–H and O–H groups in total. The predicted molar refractivity (Wildman–Crippen MR) is 68.0 cm³/mol. The van der Waals surface area contributed by atoms with Crippen LogP contribution in [0.5, 0.6) is 0 Å². The molecule has 1 atom stereocenters. The number of amides is 1. The van der Waals surface area contributed by atoms with Gasteiger partial charge in [-0.15, -0.1) is 0 Å². The molecule has 100 valence electrons. The molecular formula is C12H21N5O. The van der Waals surface area contributed by atoms with Crippen LogP contribution in [0, 0.1) is 6.92 Å². The molecule has 1 aromatic rings. The summed E-state index contributed by atoms with van der Waals surface area (Å²) in [6.07, 6.45) is 3.34. The van der Waals surface area contributed by atoms with E-state index in [4.69, 9.17) is 0 Å². The Morgan fingerprint density at radius 2 is 2.28 bits per heavy atom. The molecule has 1 saturated heterocycles. The third kappa shape index (κ3) is 2.87. The highest BCUT2D eigenvalue weighted by Gasteiger charge is 2.28. The minimum atomic E-state index is 0.133. The first-order chi connectivity index (χ1) is 8.58. The second-order valence-corrected chi connectivity index (χ2v) is 5.05. The molecule has 0 spiro atoms. The number of hydrogen-bond donors (Lipinski definition) is 1. The highest BCUT2D eigenvalue weighted by atomic mass is 16.2. The van der Waals surface area contributed by atoms with Crippen molar-refractivity contribution in [2.24, 2.45) is 0 Å². The summed E-state index contributed by atoms with van der Waals surface area (Å²) in [7, 11) is 3.58. The summed E-state index contributed by atoms with van der Waals surface area (Å²) in [5.41, 5.74) is 0. The van der Waals surface area contributed by atoms with Crippen LogP contribution >= 0.6 is 0 Å². The minimum absolute atomic E-state index is 0.133. The van der Waals surface area contributed by atoms with Crippen molar-refractivity contribution in [1.82, 2.24) is 25.0 Å². The minimum Gasteiger partial charge on any atom is -0.348 e. The fraction of sp³-hybridized carbons (Fsp3) is 0.750. The lowest BCUT2D eigenvalue weighted by molar-refractivity contribution is -0.130. The maximum Gasteiger partial charge on any atom is 0.236 e. The topological polar surface area (TPSA) is 65.1 Å². The molecule has 6 nitrogen and oxygen atoms in total. The normalized spacial score (nSPS) is 20.9. The number of aryl methyl sites for hydroxylation is 1. The Morgan fingerprint density at radius 3 is 2.89 bits per heavy atom. The zero-order valence-corrected chi connectivity index (χ0v) is 11.3. The maximum atomic E-state index is 11.8. The molecule has 18 heavy (non-hydrogen) atoms. The first-order valence-electron chi connectivity index (χ1n) is 6.41. The van der Waals surface area contributed by atoms with Gasteiger partial charge in [0.2, 0.25) is 5.91 Å². The van der Waals surface area contributed by atoms with E-state index in [0.29, 0.717) is 6.54 Å². The lowest BCUT2D eigenvalue weighted by Crippen LogP contribution is -2.41. The molecule has 1 aromatic heterocycles. The summed E-state index contributed by atoms with van der Waals surface area (Å²) >= 11 is 0. The van der Waals surface area contributed by atoms with E-state index in [1.54, 1.807) is 19.0 Å². The van der Waals surface area contributed by atoms with Crippen molar-refractivity contribution in [3.05, 3.63) is 11.6 Å². The molecule has 1 aliphatic heterocycles. The van der Waals surface area contributed by atoms with Crippen molar-refractivity contribution in [2.75, 3.05) is 27.2 Å². The highest BCUT2D eigenvalue weighted by Crippen LogP contribution is 2.28. The number of H-pyrrole nitrogens is 1. The third-order valence-corrected chi connectivity index (χ3v) is 3.36. The Kier molecular flexibility index (Phi) is 3.96. The van der Waals surface area contributed by atoms with Crippen LogP contribution < -0.4 is 0 Å². The van der Waals surface area contributed by atoms with Gasteiger partial charge in [-0.3, -0.25) is 14.8 Å². The smallest absolute Gasteiger partial charge is 0.236 e. The molecule has 0 aliphatic carbocycles. The van der Waals surface area contributed by atoms with Crippen molar-refractivity contribution < 1.29 is 4.79 Å². The number of piperidine rings is 1. The molecule has 2 rings (SSSR count). The molecule has 1 fully saturated rings. The number of likely N-dealkylation sites (tertiary alicyclic amines) is 1. The van der Waals surface area contributed by atoms with Gasteiger partial charge < -0.3 is 4.90 Å². The van der Waals surface area contributed by atoms with E-state index >= 15 is 0 Å². The average molecular weight is 251 g/mol. The van der Waals surface area contributed by atoms with E-state index < -0.39 is 0 Å². The van der Waals surface area contributed by atoms with Gasteiger partial charge in [-0.05, 0) is 26.3 Å². The quantitative estimate of drug-likeness (QED) is 0.860. The SMILES string of the molecule is Cc1nc(C2CCCCN2CC(=O)N(C)C)n[nH]1. The largest absolute Gasteiger partial charge is 0.348 e. The van der Waals surface area contributed by atoms with Crippen molar-refractivity contribution in [1.29, 1.82) is 0 Å². The number of carbonyl (C=O) groups excluding carboxylic acids is 1. The van der Waals surface area contributed by atoms with Gasteiger partial charge in [0.25, 0.3) is 0 Å². The number of nitrogens with one attached hydrogen (secondary N) is 1. The summed E-state index contributed by atoms with van der Waals surface area (Å²) in [5, 5.41) is 7.12. The predicted octanol–water partition coefficient (Wildman–Crippen LogP) is 0.728. The Labute approximate surface area is 107 Å². The number of hydrogen-bond acceptors (Lipinski definition) is 4. The van der Waals surface area contributed by atoms with Crippen LogP contribution in [0.3, 0.4) is 0 Å². The number of likely N-dealkylation sites (N-methyl/N-ethyl adjacent to an activating group) is 1. The van der Waals surface area contributed by atoms with Crippen LogP contribution in [0.25, 0.3) is 0 Å². The van der Waals surface area contributed by atoms with Gasteiger partial charge in [-0.2, -0.15) is 5.10 Å². The average Bonchev–Trinajstić information content (AvgIpc) is 2.76. The Bertz CT molecular complexity index is 414. The van der Waals surface area contributed by atoms with Crippen LogP contribution in [-0.4, -0.2) is 58.1 Å². The fourth-order valence-electron chi connectivity index (χ4n) is 2.30.